The number of carbonyl (C=O) groups is 2. The van der Waals surface area contributed by atoms with E-state index in [-0.39, 0.29) is 26.6 Å². The van der Waals surface area contributed by atoms with Gasteiger partial charge in [-0.05, 0) is 30.4 Å². The van der Waals surface area contributed by atoms with Gasteiger partial charge in [0.1, 0.15) is 12.3 Å². The van der Waals surface area contributed by atoms with E-state index in [4.69, 9.17) is 42.6 Å². The van der Waals surface area contributed by atoms with Crippen molar-refractivity contribution in [3.8, 4) is 5.75 Å². The molecule has 0 amide bonds. The highest BCUT2D eigenvalue weighted by Gasteiger charge is 2.49. The fraction of sp³-hybridized carbons (Fsp3) is 0.375. The monoisotopic (exact) mass is 489 g/mol. The van der Waals surface area contributed by atoms with Gasteiger partial charge >= 0.3 is 18.1 Å². The number of rotatable bonds is 8. The van der Waals surface area contributed by atoms with Gasteiger partial charge in [0.15, 0.2) is 0 Å². The SMILES string of the molecule is CC(ONN(O)N(C)CC(=O)O)OC(=O)C1=Cc2cc(Cl)cc(Cl)c2O[C@@H]1C(F)(F)F. The van der Waals surface area contributed by atoms with Crippen molar-refractivity contribution in [2.24, 2.45) is 0 Å². The predicted octanol–water partition coefficient (Wildman–Crippen LogP) is 2.65. The number of aliphatic carboxylic acids is 1. The number of alkyl halides is 3. The fourth-order valence-electron chi connectivity index (χ4n) is 2.34. The maximum absolute atomic E-state index is 13.5. The highest BCUT2D eigenvalue weighted by Crippen LogP contribution is 2.42. The third kappa shape index (κ3) is 6.67. The van der Waals surface area contributed by atoms with Crippen molar-refractivity contribution in [2.75, 3.05) is 13.6 Å². The van der Waals surface area contributed by atoms with Crippen LogP contribution in [0.3, 0.4) is 0 Å². The van der Waals surface area contributed by atoms with Gasteiger partial charge in [-0.1, -0.05) is 28.8 Å². The van der Waals surface area contributed by atoms with Crippen LogP contribution in [0.25, 0.3) is 6.08 Å². The number of carboxylic acid groups (broad SMARTS) is 1. The lowest BCUT2D eigenvalue weighted by Crippen LogP contribution is -2.50. The number of esters is 1. The lowest BCUT2D eigenvalue weighted by Gasteiger charge is -2.29. The van der Waals surface area contributed by atoms with Gasteiger partial charge in [-0.25, -0.2) is 9.63 Å². The first-order valence-electron chi connectivity index (χ1n) is 8.27. The van der Waals surface area contributed by atoms with Crippen molar-refractivity contribution in [1.82, 2.24) is 15.9 Å². The second-order valence-electron chi connectivity index (χ2n) is 6.13. The van der Waals surface area contributed by atoms with Gasteiger partial charge in [-0.15, -0.1) is 0 Å². The number of hydrogen-bond acceptors (Lipinski definition) is 9. The summed E-state index contributed by atoms with van der Waals surface area (Å²) in [6.07, 6.45) is -8.27. The number of ether oxygens (including phenoxy) is 2. The smallest absolute Gasteiger partial charge is 0.430 e. The number of halogens is 5. The van der Waals surface area contributed by atoms with Crippen LogP contribution in [-0.4, -0.2) is 64.7 Å². The zero-order chi connectivity index (χ0) is 23.5. The zero-order valence-corrected chi connectivity index (χ0v) is 17.3. The number of nitrogens with zero attached hydrogens (tertiary/aromatic N) is 2. The molecule has 0 aromatic heterocycles. The van der Waals surface area contributed by atoms with E-state index in [1.807, 2.05) is 5.59 Å². The van der Waals surface area contributed by atoms with Crippen LogP contribution in [0.4, 0.5) is 13.2 Å². The Morgan fingerprint density at radius 1 is 1.35 bits per heavy atom. The van der Waals surface area contributed by atoms with Crippen LogP contribution in [0.1, 0.15) is 12.5 Å². The minimum atomic E-state index is -4.98. The summed E-state index contributed by atoms with van der Waals surface area (Å²) < 4.78 is 50.1. The molecule has 31 heavy (non-hydrogen) atoms. The third-order valence-corrected chi connectivity index (χ3v) is 4.16. The average Bonchev–Trinajstić information content (AvgIpc) is 2.63. The molecule has 15 heteroatoms. The van der Waals surface area contributed by atoms with E-state index >= 15 is 0 Å². The van der Waals surface area contributed by atoms with Crippen molar-refractivity contribution in [3.63, 3.8) is 0 Å². The topological polar surface area (TPSA) is 121 Å². The quantitative estimate of drug-likeness (QED) is 0.285. The van der Waals surface area contributed by atoms with Crippen LogP contribution in [-0.2, 0) is 19.2 Å². The minimum absolute atomic E-state index is 0.0356. The second kappa shape index (κ2) is 9.99. The number of carboxylic acids is 1. The van der Waals surface area contributed by atoms with E-state index in [1.54, 1.807) is 0 Å². The van der Waals surface area contributed by atoms with Crippen LogP contribution >= 0.6 is 23.2 Å². The molecule has 1 aliphatic rings. The predicted molar refractivity (Wildman–Crippen MR) is 98.6 cm³/mol. The molecule has 0 aliphatic carbocycles. The number of nitrogens with one attached hydrogen (secondary N) is 1. The fourth-order valence-corrected chi connectivity index (χ4v) is 2.90. The Balaban J connectivity index is 2.13. The second-order valence-corrected chi connectivity index (χ2v) is 6.97. The van der Waals surface area contributed by atoms with Gasteiger partial charge in [0, 0.05) is 17.6 Å². The molecule has 0 fully saturated rings. The normalized spacial score (nSPS) is 17.1. The van der Waals surface area contributed by atoms with Crippen LogP contribution in [0, 0.1) is 0 Å². The summed E-state index contributed by atoms with van der Waals surface area (Å²) >= 11 is 11.7. The summed E-state index contributed by atoms with van der Waals surface area (Å²) in [6.45, 7) is 0.507. The van der Waals surface area contributed by atoms with Crippen molar-refractivity contribution in [1.29, 1.82) is 0 Å². The third-order valence-electron chi connectivity index (χ3n) is 3.66. The van der Waals surface area contributed by atoms with Crippen LogP contribution in [0.2, 0.25) is 10.0 Å². The van der Waals surface area contributed by atoms with E-state index in [0.717, 1.165) is 18.0 Å². The molecular formula is C16H16Cl2F3N3O7. The molecule has 1 aromatic rings. The van der Waals surface area contributed by atoms with Crippen LogP contribution in [0.5, 0.6) is 5.75 Å². The molecule has 0 radical (unpaired) electrons. The standard InChI is InChI=1S/C16H16Cl2F3N3O7/c1-7(31-22-24(28)23(2)6-12(25)26)29-15(27)10-4-8-3-9(17)5-11(18)13(8)30-14(10)16(19,20)21/h3-5,7,14,22,28H,6H2,1-2H3,(H,25,26)/t7?,14-/m0/s1. The summed E-state index contributed by atoms with van der Waals surface area (Å²) in [5, 5.41) is 19.0. The first-order valence-corrected chi connectivity index (χ1v) is 9.03. The summed E-state index contributed by atoms with van der Waals surface area (Å²) in [4.78, 5) is 27.7. The molecule has 1 aliphatic heterocycles. The van der Waals surface area contributed by atoms with E-state index < -0.39 is 42.6 Å². The molecule has 1 heterocycles. The molecule has 0 saturated heterocycles. The zero-order valence-electron chi connectivity index (χ0n) is 15.8. The lowest BCUT2D eigenvalue weighted by molar-refractivity contribution is -0.358. The summed E-state index contributed by atoms with van der Waals surface area (Å²) in [5.74, 6) is -3.00. The number of likely N-dealkylation sites (N-methyl/N-ethyl adjacent to an activating group) is 1. The Hall–Kier alpha value is -2.13. The molecule has 0 bridgehead atoms. The molecule has 2 atom stereocenters. The average molecular weight is 490 g/mol. The van der Waals surface area contributed by atoms with Crippen molar-refractivity contribution >= 4 is 41.2 Å². The molecular weight excluding hydrogens is 474 g/mol. The number of fused-ring (bicyclic) bond motifs is 1. The van der Waals surface area contributed by atoms with Crippen molar-refractivity contribution in [3.05, 3.63) is 33.3 Å². The molecule has 2 rings (SSSR count). The molecule has 1 unspecified atom stereocenters. The minimum Gasteiger partial charge on any atom is -0.480 e. The Morgan fingerprint density at radius 3 is 2.58 bits per heavy atom. The first-order chi connectivity index (χ1) is 14.3. The molecule has 0 saturated carbocycles. The van der Waals surface area contributed by atoms with Gasteiger partial charge in [-0.3, -0.25) is 10.0 Å². The number of hydrogen-bond donors (Lipinski definition) is 3. The molecule has 0 spiro atoms. The summed E-state index contributed by atoms with van der Waals surface area (Å²) in [5.41, 5.74) is 0.979. The van der Waals surface area contributed by atoms with E-state index in [2.05, 4.69) is 0 Å². The van der Waals surface area contributed by atoms with E-state index in [9.17, 15) is 28.0 Å². The molecule has 10 nitrogen and oxygen atoms in total. The molecule has 1 aromatic carbocycles. The van der Waals surface area contributed by atoms with E-state index in [1.165, 1.54) is 19.2 Å². The van der Waals surface area contributed by atoms with Crippen LogP contribution < -0.4 is 10.3 Å². The number of hydrazine groups is 2. The van der Waals surface area contributed by atoms with Crippen molar-refractivity contribution < 1.29 is 47.4 Å². The first kappa shape index (κ1) is 25.1. The molecule has 172 valence electrons. The highest BCUT2D eigenvalue weighted by molar-refractivity contribution is 6.36. The number of carbonyl (C=O) groups excluding carboxylic acids is 1. The summed E-state index contributed by atoms with van der Waals surface area (Å²) in [6, 6.07) is 2.45. The number of benzene rings is 1. The Labute approximate surface area is 183 Å². The van der Waals surface area contributed by atoms with Crippen LogP contribution in [0.15, 0.2) is 17.7 Å². The van der Waals surface area contributed by atoms with Gasteiger partial charge in [0.05, 0.1) is 10.6 Å². The maximum atomic E-state index is 13.5. The van der Waals surface area contributed by atoms with E-state index in [0.29, 0.717) is 0 Å². The van der Waals surface area contributed by atoms with Gasteiger partial charge < -0.3 is 14.6 Å². The van der Waals surface area contributed by atoms with Gasteiger partial charge in [0.2, 0.25) is 12.4 Å². The maximum Gasteiger partial charge on any atom is 0.430 e. The Bertz CT molecular complexity index is 885. The molecule has 3 N–H and O–H groups in total. The van der Waals surface area contributed by atoms with Gasteiger partial charge in [-0.2, -0.15) is 18.2 Å². The summed E-state index contributed by atoms with van der Waals surface area (Å²) in [7, 11) is 1.17. The lowest BCUT2D eigenvalue weighted by atomic mass is 10.0. The highest BCUT2D eigenvalue weighted by atomic mass is 35.5. The largest absolute Gasteiger partial charge is 0.480 e. The Kier molecular flexibility index (Phi) is 8.10. The van der Waals surface area contributed by atoms with Gasteiger partial charge in [0.25, 0.3) is 0 Å². The van der Waals surface area contributed by atoms with Crippen molar-refractivity contribution in [2.45, 2.75) is 25.5 Å². The Morgan fingerprint density at radius 2 is 2.00 bits per heavy atom.